The van der Waals surface area contributed by atoms with Gasteiger partial charge >= 0.3 is 12.0 Å². The van der Waals surface area contributed by atoms with Gasteiger partial charge in [-0.3, -0.25) is 10.1 Å². The summed E-state index contributed by atoms with van der Waals surface area (Å²) in [6, 6.07) is 4.78. The van der Waals surface area contributed by atoms with Crippen LogP contribution >= 0.6 is 0 Å². The van der Waals surface area contributed by atoms with Gasteiger partial charge in [-0.25, -0.2) is 9.59 Å². The topological polar surface area (TPSA) is 100 Å². The van der Waals surface area contributed by atoms with Gasteiger partial charge in [0, 0.05) is 23.1 Å². The van der Waals surface area contributed by atoms with Crippen molar-refractivity contribution in [1.29, 1.82) is 0 Å². The van der Waals surface area contributed by atoms with Crippen molar-refractivity contribution in [1.82, 2.24) is 15.6 Å². The SMILES string of the molecule is CC(C)CNC(=O)NC(=O)COC(=O)c1ccc2[nH]c3c(c2c1)CC(C)CC3. The Bertz CT molecular complexity index is 900. The number of urea groups is 1. The van der Waals surface area contributed by atoms with Crippen LogP contribution in [0.3, 0.4) is 0 Å². The molecule has 3 amide bonds. The summed E-state index contributed by atoms with van der Waals surface area (Å²) in [5, 5.41) is 5.74. The third kappa shape index (κ3) is 4.71. The van der Waals surface area contributed by atoms with Gasteiger partial charge in [0.15, 0.2) is 6.61 Å². The monoisotopic (exact) mass is 385 g/mol. The van der Waals surface area contributed by atoms with Gasteiger partial charge in [0.1, 0.15) is 0 Å². The molecule has 1 heterocycles. The molecule has 2 aromatic rings. The van der Waals surface area contributed by atoms with Gasteiger partial charge in [0.05, 0.1) is 5.56 Å². The molecule has 0 bridgehead atoms. The molecule has 150 valence electrons. The highest BCUT2D eigenvalue weighted by molar-refractivity contribution is 5.99. The highest BCUT2D eigenvalue weighted by atomic mass is 16.5. The van der Waals surface area contributed by atoms with E-state index in [4.69, 9.17) is 4.74 Å². The van der Waals surface area contributed by atoms with E-state index in [2.05, 4.69) is 22.5 Å². The Morgan fingerprint density at radius 3 is 2.82 bits per heavy atom. The lowest BCUT2D eigenvalue weighted by Gasteiger charge is -2.18. The first kappa shape index (κ1) is 19.9. The fraction of sp³-hybridized carbons (Fsp3) is 0.476. The Balaban J connectivity index is 1.60. The van der Waals surface area contributed by atoms with Crippen molar-refractivity contribution in [3.63, 3.8) is 0 Å². The minimum Gasteiger partial charge on any atom is -0.452 e. The predicted molar refractivity (Wildman–Crippen MR) is 106 cm³/mol. The molecule has 1 atom stereocenters. The van der Waals surface area contributed by atoms with Gasteiger partial charge < -0.3 is 15.0 Å². The van der Waals surface area contributed by atoms with Gasteiger partial charge in [0.25, 0.3) is 5.91 Å². The largest absolute Gasteiger partial charge is 0.452 e. The summed E-state index contributed by atoms with van der Waals surface area (Å²) in [7, 11) is 0. The maximum atomic E-state index is 12.3. The zero-order valence-corrected chi connectivity index (χ0v) is 16.6. The molecule has 0 aliphatic heterocycles. The van der Waals surface area contributed by atoms with E-state index in [9.17, 15) is 14.4 Å². The number of esters is 1. The van der Waals surface area contributed by atoms with Gasteiger partial charge in [-0.2, -0.15) is 0 Å². The summed E-state index contributed by atoms with van der Waals surface area (Å²) in [6.07, 6.45) is 3.17. The van der Waals surface area contributed by atoms with Crippen molar-refractivity contribution >= 4 is 28.8 Å². The third-order valence-corrected chi connectivity index (χ3v) is 4.93. The van der Waals surface area contributed by atoms with Crippen LogP contribution in [0.25, 0.3) is 10.9 Å². The van der Waals surface area contributed by atoms with E-state index in [0.29, 0.717) is 18.0 Å². The first-order valence-electron chi connectivity index (χ1n) is 9.71. The normalized spacial score (nSPS) is 15.9. The minimum absolute atomic E-state index is 0.274. The number of hydrogen-bond donors (Lipinski definition) is 3. The van der Waals surface area contributed by atoms with Gasteiger partial charge in [-0.05, 0) is 54.9 Å². The van der Waals surface area contributed by atoms with Crippen molar-refractivity contribution in [2.75, 3.05) is 13.2 Å². The first-order valence-corrected chi connectivity index (χ1v) is 9.71. The van der Waals surface area contributed by atoms with Crippen LogP contribution in [-0.2, 0) is 22.4 Å². The average Bonchev–Trinajstić information content (AvgIpc) is 3.01. The summed E-state index contributed by atoms with van der Waals surface area (Å²) in [6.45, 7) is 6.08. The second-order valence-electron chi connectivity index (χ2n) is 7.92. The Kier molecular flexibility index (Phi) is 6.02. The van der Waals surface area contributed by atoms with Gasteiger partial charge in [-0.15, -0.1) is 0 Å². The van der Waals surface area contributed by atoms with Crippen molar-refractivity contribution in [2.45, 2.75) is 40.0 Å². The van der Waals surface area contributed by atoms with Crippen LogP contribution < -0.4 is 10.6 Å². The van der Waals surface area contributed by atoms with Crippen LogP contribution in [0.4, 0.5) is 4.79 Å². The van der Waals surface area contributed by atoms with Crippen LogP contribution in [0.5, 0.6) is 0 Å². The van der Waals surface area contributed by atoms with Crippen LogP contribution in [0, 0.1) is 11.8 Å². The number of imide groups is 1. The van der Waals surface area contributed by atoms with Crippen molar-refractivity contribution < 1.29 is 19.1 Å². The molecule has 0 fully saturated rings. The molecule has 1 aliphatic rings. The second kappa shape index (κ2) is 8.46. The van der Waals surface area contributed by atoms with E-state index in [1.54, 1.807) is 6.07 Å². The smallest absolute Gasteiger partial charge is 0.338 e. The first-order chi connectivity index (χ1) is 13.3. The zero-order chi connectivity index (χ0) is 20.3. The van der Waals surface area contributed by atoms with Crippen molar-refractivity contribution in [2.24, 2.45) is 11.8 Å². The number of rotatable bonds is 5. The Morgan fingerprint density at radius 2 is 2.07 bits per heavy atom. The molecule has 1 aromatic carbocycles. The summed E-state index contributed by atoms with van der Waals surface area (Å²) in [4.78, 5) is 39.1. The third-order valence-electron chi connectivity index (χ3n) is 4.93. The summed E-state index contributed by atoms with van der Waals surface area (Å²) in [5.41, 5.74) is 3.91. The summed E-state index contributed by atoms with van der Waals surface area (Å²) < 4.78 is 5.07. The van der Waals surface area contributed by atoms with Crippen LogP contribution in [0.1, 0.15) is 48.8 Å². The molecule has 3 N–H and O–H groups in total. The molecule has 3 rings (SSSR count). The maximum absolute atomic E-state index is 12.3. The Morgan fingerprint density at radius 1 is 1.29 bits per heavy atom. The molecular formula is C21H27N3O4. The van der Waals surface area contributed by atoms with E-state index in [0.717, 1.165) is 30.2 Å². The Labute approximate surface area is 164 Å². The highest BCUT2D eigenvalue weighted by Crippen LogP contribution is 2.32. The molecule has 7 heteroatoms. The molecule has 0 radical (unpaired) electrons. The quantitative estimate of drug-likeness (QED) is 0.689. The molecule has 0 saturated carbocycles. The fourth-order valence-electron chi connectivity index (χ4n) is 3.44. The van der Waals surface area contributed by atoms with Crippen molar-refractivity contribution in [3.8, 4) is 0 Å². The van der Waals surface area contributed by atoms with Crippen LogP contribution in [0.15, 0.2) is 18.2 Å². The molecule has 1 aromatic heterocycles. The van der Waals surface area contributed by atoms with E-state index >= 15 is 0 Å². The van der Waals surface area contributed by atoms with E-state index < -0.39 is 24.5 Å². The summed E-state index contributed by atoms with van der Waals surface area (Å²) in [5.74, 6) is -0.356. The average molecular weight is 385 g/mol. The number of amides is 3. The Hall–Kier alpha value is -2.83. The number of nitrogens with one attached hydrogen (secondary N) is 3. The van der Waals surface area contributed by atoms with Gasteiger partial charge in [-0.1, -0.05) is 20.8 Å². The molecular weight excluding hydrogens is 358 g/mol. The summed E-state index contributed by atoms with van der Waals surface area (Å²) >= 11 is 0. The molecule has 7 nitrogen and oxygen atoms in total. The lowest BCUT2D eigenvalue weighted by atomic mass is 9.87. The van der Waals surface area contributed by atoms with E-state index in [1.165, 1.54) is 11.3 Å². The maximum Gasteiger partial charge on any atom is 0.338 e. The number of ether oxygens (including phenoxy) is 1. The lowest BCUT2D eigenvalue weighted by Crippen LogP contribution is -2.42. The number of fused-ring (bicyclic) bond motifs is 3. The minimum atomic E-state index is -0.663. The van der Waals surface area contributed by atoms with E-state index in [-0.39, 0.29) is 5.92 Å². The number of aromatic amines is 1. The molecule has 0 saturated heterocycles. The predicted octanol–water partition coefficient (Wildman–Crippen LogP) is 2.93. The van der Waals surface area contributed by atoms with Crippen LogP contribution in [0.2, 0.25) is 0 Å². The number of carbonyl (C=O) groups excluding carboxylic acids is 3. The fourth-order valence-corrected chi connectivity index (χ4v) is 3.44. The lowest BCUT2D eigenvalue weighted by molar-refractivity contribution is -0.123. The molecule has 1 unspecified atom stereocenters. The highest BCUT2D eigenvalue weighted by Gasteiger charge is 2.21. The zero-order valence-electron chi connectivity index (χ0n) is 16.6. The van der Waals surface area contributed by atoms with E-state index in [1.807, 2.05) is 26.0 Å². The van der Waals surface area contributed by atoms with Gasteiger partial charge in [0.2, 0.25) is 0 Å². The second-order valence-corrected chi connectivity index (χ2v) is 7.92. The number of hydrogen-bond acceptors (Lipinski definition) is 4. The number of aromatic nitrogens is 1. The molecule has 0 spiro atoms. The molecule has 1 aliphatic carbocycles. The van der Waals surface area contributed by atoms with Crippen molar-refractivity contribution in [3.05, 3.63) is 35.0 Å². The number of aryl methyl sites for hydroxylation is 1. The van der Waals surface area contributed by atoms with Crippen LogP contribution in [-0.4, -0.2) is 36.0 Å². The number of carbonyl (C=O) groups is 3. The number of H-pyrrole nitrogens is 1. The number of benzene rings is 1. The molecule has 28 heavy (non-hydrogen) atoms. The standard InChI is InChI=1S/C21H27N3O4/c1-12(2)10-22-21(27)24-19(25)11-28-20(26)14-5-7-18-16(9-14)15-8-13(3)4-6-17(15)23-18/h5,7,9,12-13,23H,4,6,8,10-11H2,1-3H3,(H2,22,24,25,27).